The highest BCUT2D eigenvalue weighted by molar-refractivity contribution is 5.96. The number of carbonyl (C=O) groups is 1. The molecule has 2 aromatic rings. The van der Waals surface area contributed by atoms with Crippen molar-refractivity contribution in [1.82, 2.24) is 0 Å². The summed E-state index contributed by atoms with van der Waals surface area (Å²) in [5.74, 6) is 0.730. The van der Waals surface area contributed by atoms with Crippen molar-refractivity contribution in [1.29, 1.82) is 0 Å². The minimum Gasteiger partial charge on any atom is -0.508 e. The summed E-state index contributed by atoms with van der Waals surface area (Å²) < 4.78 is 5.64. The van der Waals surface area contributed by atoms with Crippen molar-refractivity contribution < 1.29 is 14.6 Å². The third-order valence-corrected chi connectivity index (χ3v) is 3.50. The Hall–Kier alpha value is -2.49. The number of ether oxygens (including phenoxy) is 1. The van der Waals surface area contributed by atoms with E-state index in [0.29, 0.717) is 17.7 Å². The normalized spacial score (nSPS) is 16.4. The second-order valence-corrected chi connectivity index (χ2v) is 4.86. The van der Waals surface area contributed by atoms with Crippen LogP contribution in [0.5, 0.6) is 11.5 Å². The predicted octanol–water partition coefficient (Wildman–Crippen LogP) is 2.64. The molecule has 4 nitrogen and oxygen atoms in total. The summed E-state index contributed by atoms with van der Waals surface area (Å²) in [5, 5.41) is 12.4. The number of rotatable bonds is 2. The van der Waals surface area contributed by atoms with Crippen molar-refractivity contribution in [3.05, 3.63) is 53.6 Å². The minimum atomic E-state index is -0.519. The highest BCUT2D eigenvalue weighted by Gasteiger charge is 2.29. The number of para-hydroxylation sites is 1. The molecule has 1 amide bonds. The van der Waals surface area contributed by atoms with Gasteiger partial charge in [0.1, 0.15) is 11.5 Å². The third kappa shape index (κ3) is 2.20. The molecule has 0 saturated heterocycles. The number of aromatic hydroxyl groups is 1. The van der Waals surface area contributed by atoms with Gasteiger partial charge in [0.05, 0.1) is 0 Å². The standard InChI is InChI=1S/C16H15NO3/c1-10-12(6-4-7-13(10)18)17-16(19)15-9-11-5-2-3-8-14(11)20-15/h2-8,15,18H,9H2,1H3,(H,17,19). The van der Waals surface area contributed by atoms with Crippen LogP contribution in [0.2, 0.25) is 0 Å². The molecule has 0 spiro atoms. The van der Waals surface area contributed by atoms with E-state index in [0.717, 1.165) is 11.3 Å². The van der Waals surface area contributed by atoms with Gasteiger partial charge in [0.2, 0.25) is 0 Å². The number of phenols is 1. The number of fused-ring (bicyclic) bond motifs is 1. The van der Waals surface area contributed by atoms with Crippen molar-refractivity contribution in [3.63, 3.8) is 0 Å². The number of hydrogen-bond acceptors (Lipinski definition) is 3. The average Bonchev–Trinajstić information content (AvgIpc) is 2.88. The van der Waals surface area contributed by atoms with Gasteiger partial charge in [-0.25, -0.2) is 0 Å². The molecule has 1 aliphatic rings. The molecule has 1 atom stereocenters. The average molecular weight is 269 g/mol. The van der Waals surface area contributed by atoms with Crippen molar-refractivity contribution in [3.8, 4) is 11.5 Å². The predicted molar refractivity (Wildman–Crippen MR) is 76.0 cm³/mol. The summed E-state index contributed by atoms with van der Waals surface area (Å²) in [6.45, 7) is 1.76. The van der Waals surface area contributed by atoms with Crippen LogP contribution in [0.15, 0.2) is 42.5 Å². The Balaban J connectivity index is 1.74. The lowest BCUT2D eigenvalue weighted by Crippen LogP contribution is -2.31. The molecule has 1 heterocycles. The van der Waals surface area contributed by atoms with Gasteiger partial charge in [0, 0.05) is 17.7 Å². The molecule has 20 heavy (non-hydrogen) atoms. The summed E-state index contributed by atoms with van der Waals surface area (Å²) in [4.78, 5) is 12.2. The zero-order valence-corrected chi connectivity index (χ0v) is 11.1. The molecule has 4 heteroatoms. The second-order valence-electron chi connectivity index (χ2n) is 4.86. The Morgan fingerprint density at radius 2 is 2.05 bits per heavy atom. The molecule has 1 aliphatic heterocycles. The molecule has 3 rings (SSSR count). The van der Waals surface area contributed by atoms with E-state index < -0.39 is 6.10 Å². The zero-order valence-electron chi connectivity index (χ0n) is 11.1. The smallest absolute Gasteiger partial charge is 0.265 e. The summed E-state index contributed by atoms with van der Waals surface area (Å²) in [5.41, 5.74) is 2.30. The van der Waals surface area contributed by atoms with Crippen molar-refractivity contribution in [2.24, 2.45) is 0 Å². The van der Waals surface area contributed by atoms with Gasteiger partial charge in [-0.15, -0.1) is 0 Å². The van der Waals surface area contributed by atoms with Crippen molar-refractivity contribution >= 4 is 11.6 Å². The van der Waals surface area contributed by atoms with Crippen molar-refractivity contribution in [2.45, 2.75) is 19.4 Å². The molecule has 0 fully saturated rings. The van der Waals surface area contributed by atoms with Crippen LogP contribution >= 0.6 is 0 Å². The lowest BCUT2D eigenvalue weighted by Gasteiger charge is -2.13. The molecule has 2 aromatic carbocycles. The molecule has 2 N–H and O–H groups in total. The van der Waals surface area contributed by atoms with Crippen LogP contribution in [-0.4, -0.2) is 17.1 Å². The van der Waals surface area contributed by atoms with E-state index in [2.05, 4.69) is 5.32 Å². The molecular weight excluding hydrogens is 254 g/mol. The highest BCUT2D eigenvalue weighted by Crippen LogP contribution is 2.29. The van der Waals surface area contributed by atoms with Gasteiger partial charge >= 0.3 is 0 Å². The van der Waals surface area contributed by atoms with E-state index >= 15 is 0 Å². The largest absolute Gasteiger partial charge is 0.508 e. The summed E-state index contributed by atoms with van der Waals surface area (Å²) in [7, 11) is 0. The first-order valence-electron chi connectivity index (χ1n) is 6.49. The van der Waals surface area contributed by atoms with Crippen molar-refractivity contribution in [2.75, 3.05) is 5.32 Å². The summed E-state index contributed by atoms with van der Waals surface area (Å²) in [6.07, 6.45) is 0.0500. The minimum absolute atomic E-state index is 0.165. The van der Waals surface area contributed by atoms with Crippen LogP contribution in [0.4, 0.5) is 5.69 Å². The number of hydrogen-bond donors (Lipinski definition) is 2. The van der Waals surface area contributed by atoms with Crippen LogP contribution < -0.4 is 10.1 Å². The maximum Gasteiger partial charge on any atom is 0.265 e. The first kappa shape index (κ1) is 12.5. The van der Waals surface area contributed by atoms with E-state index in [1.807, 2.05) is 24.3 Å². The van der Waals surface area contributed by atoms with Gasteiger partial charge in [-0.3, -0.25) is 4.79 Å². The van der Waals surface area contributed by atoms with E-state index in [4.69, 9.17) is 4.74 Å². The highest BCUT2D eigenvalue weighted by atomic mass is 16.5. The first-order valence-corrected chi connectivity index (χ1v) is 6.49. The van der Waals surface area contributed by atoms with Gasteiger partial charge < -0.3 is 15.2 Å². The number of carbonyl (C=O) groups excluding carboxylic acids is 1. The third-order valence-electron chi connectivity index (χ3n) is 3.50. The number of phenolic OH excluding ortho intramolecular Hbond substituents is 1. The van der Waals surface area contributed by atoms with Gasteiger partial charge in [0.15, 0.2) is 6.10 Å². The molecule has 0 aromatic heterocycles. The Morgan fingerprint density at radius 1 is 1.25 bits per heavy atom. The maximum absolute atomic E-state index is 12.2. The van der Waals surface area contributed by atoms with Gasteiger partial charge in [0.25, 0.3) is 5.91 Å². The van der Waals surface area contributed by atoms with Crippen LogP contribution in [0.1, 0.15) is 11.1 Å². The fraction of sp³-hybridized carbons (Fsp3) is 0.188. The maximum atomic E-state index is 12.2. The zero-order chi connectivity index (χ0) is 14.1. The topological polar surface area (TPSA) is 58.6 Å². The van der Waals surface area contributed by atoms with Crippen LogP contribution in [-0.2, 0) is 11.2 Å². The number of amides is 1. The fourth-order valence-corrected chi connectivity index (χ4v) is 2.30. The van der Waals surface area contributed by atoms with Gasteiger partial charge in [-0.05, 0) is 30.7 Å². The molecule has 0 bridgehead atoms. The second kappa shape index (κ2) is 4.89. The number of nitrogens with one attached hydrogen (secondary N) is 1. The van der Waals surface area contributed by atoms with Crippen LogP contribution in [0.3, 0.4) is 0 Å². The molecule has 0 aliphatic carbocycles. The summed E-state index contributed by atoms with van der Waals surface area (Å²) in [6, 6.07) is 12.7. The summed E-state index contributed by atoms with van der Waals surface area (Å²) >= 11 is 0. The van der Waals surface area contributed by atoms with Crippen LogP contribution in [0.25, 0.3) is 0 Å². The molecule has 0 saturated carbocycles. The fourth-order valence-electron chi connectivity index (χ4n) is 2.30. The Kier molecular flexibility index (Phi) is 3.06. The Bertz CT molecular complexity index is 642. The van der Waals surface area contributed by atoms with Crippen LogP contribution in [0, 0.1) is 6.92 Å². The lowest BCUT2D eigenvalue weighted by atomic mass is 10.1. The quantitative estimate of drug-likeness (QED) is 0.881. The SMILES string of the molecule is Cc1c(O)cccc1NC(=O)C1Cc2ccccc2O1. The lowest BCUT2D eigenvalue weighted by molar-refractivity contribution is -0.122. The van der Waals surface area contributed by atoms with Gasteiger partial charge in [-0.1, -0.05) is 24.3 Å². The Labute approximate surface area is 117 Å². The van der Waals surface area contributed by atoms with E-state index in [1.54, 1.807) is 25.1 Å². The number of anilines is 1. The molecule has 0 radical (unpaired) electrons. The molecule has 102 valence electrons. The van der Waals surface area contributed by atoms with E-state index in [1.165, 1.54) is 0 Å². The van der Waals surface area contributed by atoms with E-state index in [9.17, 15) is 9.90 Å². The number of benzene rings is 2. The molecular formula is C16H15NO3. The Morgan fingerprint density at radius 3 is 2.85 bits per heavy atom. The monoisotopic (exact) mass is 269 g/mol. The van der Waals surface area contributed by atoms with Gasteiger partial charge in [-0.2, -0.15) is 0 Å². The first-order chi connectivity index (χ1) is 9.65. The van der Waals surface area contributed by atoms with E-state index in [-0.39, 0.29) is 11.7 Å². The molecule has 1 unspecified atom stereocenters.